The lowest BCUT2D eigenvalue weighted by Crippen LogP contribution is -2.27. The van der Waals surface area contributed by atoms with Crippen molar-refractivity contribution in [3.05, 3.63) is 29.2 Å². The van der Waals surface area contributed by atoms with Gasteiger partial charge in [-0.2, -0.15) is 5.10 Å². The average Bonchev–Trinajstić information content (AvgIpc) is 2.90. The summed E-state index contributed by atoms with van der Waals surface area (Å²) in [4.78, 5) is 8.76. The summed E-state index contributed by atoms with van der Waals surface area (Å²) >= 11 is 5.81. The first kappa shape index (κ1) is 14.2. The van der Waals surface area contributed by atoms with Crippen LogP contribution in [0.4, 0.5) is 0 Å². The minimum Gasteiger partial charge on any atom is -0.317 e. The minimum absolute atomic E-state index is 0. The van der Waals surface area contributed by atoms with Gasteiger partial charge in [0.05, 0.1) is 5.02 Å². The number of piperidine rings is 1. The second-order valence-electron chi connectivity index (χ2n) is 4.43. The zero-order chi connectivity index (χ0) is 12.4. The lowest BCUT2D eigenvalue weighted by molar-refractivity contribution is 0.446. The van der Waals surface area contributed by atoms with Crippen LogP contribution < -0.4 is 5.32 Å². The first-order chi connectivity index (χ1) is 8.83. The van der Waals surface area contributed by atoms with E-state index in [0.717, 1.165) is 37.4 Å². The SMILES string of the molecule is Cl.Clc1ccc(-c2nc(C3CCNCC3)n[nH]2)nc1. The van der Waals surface area contributed by atoms with Crippen molar-refractivity contribution >= 4 is 24.0 Å². The molecule has 1 fully saturated rings. The van der Waals surface area contributed by atoms with Crippen LogP contribution in [0.3, 0.4) is 0 Å². The van der Waals surface area contributed by atoms with Gasteiger partial charge in [0.25, 0.3) is 0 Å². The van der Waals surface area contributed by atoms with Gasteiger partial charge in [0.15, 0.2) is 11.6 Å². The van der Waals surface area contributed by atoms with E-state index >= 15 is 0 Å². The molecule has 1 aliphatic heterocycles. The molecular weight excluding hydrogens is 285 g/mol. The second-order valence-corrected chi connectivity index (χ2v) is 4.86. The maximum atomic E-state index is 5.81. The summed E-state index contributed by atoms with van der Waals surface area (Å²) in [5.41, 5.74) is 0.770. The van der Waals surface area contributed by atoms with E-state index in [2.05, 4.69) is 25.5 Å². The Bertz CT molecular complexity index is 519. The number of nitrogens with zero attached hydrogens (tertiary/aromatic N) is 3. The van der Waals surface area contributed by atoms with Crippen molar-refractivity contribution < 1.29 is 0 Å². The molecule has 0 bridgehead atoms. The summed E-state index contributed by atoms with van der Waals surface area (Å²) in [6.45, 7) is 2.07. The smallest absolute Gasteiger partial charge is 0.174 e. The predicted molar refractivity (Wildman–Crippen MR) is 76.7 cm³/mol. The van der Waals surface area contributed by atoms with Gasteiger partial charge in [-0.05, 0) is 38.1 Å². The van der Waals surface area contributed by atoms with Gasteiger partial charge in [0.1, 0.15) is 5.69 Å². The van der Waals surface area contributed by atoms with E-state index in [1.165, 1.54) is 0 Å². The van der Waals surface area contributed by atoms with E-state index in [9.17, 15) is 0 Å². The van der Waals surface area contributed by atoms with E-state index in [1.54, 1.807) is 12.3 Å². The molecule has 0 atom stereocenters. The number of pyridine rings is 1. The van der Waals surface area contributed by atoms with Crippen LogP contribution in [0.25, 0.3) is 11.5 Å². The molecule has 19 heavy (non-hydrogen) atoms. The van der Waals surface area contributed by atoms with E-state index in [1.807, 2.05) is 6.07 Å². The van der Waals surface area contributed by atoms with Crippen LogP contribution in [0.5, 0.6) is 0 Å². The molecule has 0 spiro atoms. The van der Waals surface area contributed by atoms with Gasteiger partial charge < -0.3 is 5.32 Å². The topological polar surface area (TPSA) is 66.5 Å². The van der Waals surface area contributed by atoms with Crippen LogP contribution in [0, 0.1) is 0 Å². The molecule has 0 aromatic carbocycles. The third-order valence-corrected chi connectivity index (χ3v) is 3.40. The zero-order valence-electron chi connectivity index (χ0n) is 10.3. The Labute approximate surface area is 122 Å². The summed E-state index contributed by atoms with van der Waals surface area (Å²) in [6, 6.07) is 3.64. The van der Waals surface area contributed by atoms with E-state index in [-0.39, 0.29) is 12.4 Å². The molecule has 2 aromatic rings. The molecule has 2 N–H and O–H groups in total. The number of halogens is 2. The number of aromatic amines is 1. The molecule has 5 nitrogen and oxygen atoms in total. The Hall–Kier alpha value is -1.17. The highest BCUT2D eigenvalue weighted by molar-refractivity contribution is 6.30. The molecule has 3 heterocycles. The largest absolute Gasteiger partial charge is 0.317 e. The Kier molecular flexibility index (Phi) is 4.74. The Morgan fingerprint density at radius 2 is 2.00 bits per heavy atom. The van der Waals surface area contributed by atoms with E-state index in [0.29, 0.717) is 16.8 Å². The minimum atomic E-state index is 0. The van der Waals surface area contributed by atoms with E-state index in [4.69, 9.17) is 11.6 Å². The number of rotatable bonds is 2. The van der Waals surface area contributed by atoms with E-state index < -0.39 is 0 Å². The highest BCUT2D eigenvalue weighted by Gasteiger charge is 2.19. The normalized spacial score (nSPS) is 16.1. The summed E-state index contributed by atoms with van der Waals surface area (Å²) in [7, 11) is 0. The van der Waals surface area contributed by atoms with Crippen LogP contribution >= 0.6 is 24.0 Å². The summed E-state index contributed by atoms with van der Waals surface area (Å²) in [5.74, 6) is 2.05. The number of hydrogen-bond acceptors (Lipinski definition) is 4. The second kappa shape index (κ2) is 6.32. The summed E-state index contributed by atoms with van der Waals surface area (Å²) < 4.78 is 0. The summed E-state index contributed by atoms with van der Waals surface area (Å²) in [6.07, 6.45) is 3.79. The molecule has 0 saturated carbocycles. The number of H-pyrrole nitrogens is 1. The van der Waals surface area contributed by atoms with Crippen LogP contribution in [0.2, 0.25) is 5.02 Å². The van der Waals surface area contributed by atoms with Crippen LogP contribution in [-0.2, 0) is 0 Å². The first-order valence-electron chi connectivity index (χ1n) is 6.08. The molecule has 1 aliphatic rings. The lowest BCUT2D eigenvalue weighted by Gasteiger charge is -2.19. The molecule has 3 rings (SSSR count). The fourth-order valence-electron chi connectivity index (χ4n) is 2.17. The van der Waals surface area contributed by atoms with Crippen molar-refractivity contribution in [3.63, 3.8) is 0 Å². The third kappa shape index (κ3) is 3.23. The van der Waals surface area contributed by atoms with Gasteiger partial charge in [-0.3, -0.25) is 10.1 Å². The molecule has 102 valence electrons. The van der Waals surface area contributed by atoms with Gasteiger partial charge in [0, 0.05) is 12.1 Å². The molecule has 1 saturated heterocycles. The quantitative estimate of drug-likeness (QED) is 0.894. The number of nitrogens with one attached hydrogen (secondary N) is 2. The number of hydrogen-bond donors (Lipinski definition) is 2. The molecule has 0 amide bonds. The highest BCUT2D eigenvalue weighted by atomic mass is 35.5. The van der Waals surface area contributed by atoms with Gasteiger partial charge in [-0.1, -0.05) is 11.6 Å². The Balaban J connectivity index is 0.00000133. The molecule has 7 heteroatoms. The van der Waals surface area contributed by atoms with Gasteiger partial charge >= 0.3 is 0 Å². The standard InChI is InChI=1S/C12H14ClN5.ClH/c13-9-1-2-10(15-7-9)12-16-11(17-18-12)8-3-5-14-6-4-8;/h1-2,7-8,14H,3-6H2,(H,16,17,18);1H. The van der Waals surface area contributed by atoms with Gasteiger partial charge in [-0.15, -0.1) is 12.4 Å². The van der Waals surface area contributed by atoms with Crippen molar-refractivity contribution in [2.75, 3.05) is 13.1 Å². The third-order valence-electron chi connectivity index (χ3n) is 3.18. The maximum Gasteiger partial charge on any atom is 0.174 e. The fourth-order valence-corrected chi connectivity index (χ4v) is 2.28. The monoisotopic (exact) mass is 299 g/mol. The predicted octanol–water partition coefficient (Wildman–Crippen LogP) is 2.41. The Morgan fingerprint density at radius 3 is 2.68 bits per heavy atom. The van der Waals surface area contributed by atoms with Gasteiger partial charge in [0.2, 0.25) is 0 Å². The van der Waals surface area contributed by atoms with Crippen molar-refractivity contribution in [2.24, 2.45) is 0 Å². The van der Waals surface area contributed by atoms with Crippen molar-refractivity contribution in [1.29, 1.82) is 0 Å². The zero-order valence-corrected chi connectivity index (χ0v) is 11.8. The van der Waals surface area contributed by atoms with Crippen LogP contribution in [0.15, 0.2) is 18.3 Å². The molecule has 0 radical (unpaired) electrons. The van der Waals surface area contributed by atoms with Gasteiger partial charge in [-0.25, -0.2) is 4.98 Å². The van der Waals surface area contributed by atoms with Crippen molar-refractivity contribution in [2.45, 2.75) is 18.8 Å². The first-order valence-corrected chi connectivity index (χ1v) is 6.45. The maximum absolute atomic E-state index is 5.81. The fraction of sp³-hybridized carbons (Fsp3) is 0.417. The molecule has 2 aromatic heterocycles. The van der Waals surface area contributed by atoms with Crippen LogP contribution in [0.1, 0.15) is 24.6 Å². The highest BCUT2D eigenvalue weighted by Crippen LogP contribution is 2.23. The van der Waals surface area contributed by atoms with Crippen molar-refractivity contribution in [3.8, 4) is 11.5 Å². The number of aromatic nitrogens is 4. The molecular formula is C12H15Cl2N5. The average molecular weight is 300 g/mol. The summed E-state index contributed by atoms with van der Waals surface area (Å²) in [5, 5.41) is 11.2. The molecule has 0 unspecified atom stereocenters. The Morgan fingerprint density at radius 1 is 1.21 bits per heavy atom. The lowest BCUT2D eigenvalue weighted by atomic mass is 9.98. The molecule has 0 aliphatic carbocycles. The van der Waals surface area contributed by atoms with Crippen molar-refractivity contribution in [1.82, 2.24) is 25.5 Å². The van der Waals surface area contributed by atoms with Crippen LogP contribution in [-0.4, -0.2) is 33.3 Å².